The Morgan fingerprint density at radius 3 is 2.23 bits per heavy atom. The van der Waals surface area contributed by atoms with Gasteiger partial charge in [-0.05, 0) is 46.2 Å². The first kappa shape index (κ1) is 22.0. The molecule has 1 aromatic carbocycles. The van der Waals surface area contributed by atoms with Gasteiger partial charge in [-0.15, -0.1) is 0 Å². The Bertz CT molecular complexity index is 562. The summed E-state index contributed by atoms with van der Waals surface area (Å²) in [5.41, 5.74) is -0.566. The zero-order chi connectivity index (χ0) is 19.7. The Hall–Kier alpha value is -2.04. The highest BCUT2D eigenvalue weighted by molar-refractivity contribution is 5.79. The van der Waals surface area contributed by atoms with E-state index in [1.807, 2.05) is 44.2 Å². The minimum Gasteiger partial charge on any atom is -0.487 e. The second-order valence-electron chi connectivity index (χ2n) is 7.59. The Kier molecular flexibility index (Phi) is 8.62. The van der Waals surface area contributed by atoms with Gasteiger partial charge in [0.1, 0.15) is 23.6 Å². The van der Waals surface area contributed by atoms with Gasteiger partial charge in [-0.3, -0.25) is 9.59 Å². The van der Waals surface area contributed by atoms with Gasteiger partial charge < -0.3 is 14.2 Å². The van der Waals surface area contributed by atoms with Crippen molar-refractivity contribution < 1.29 is 23.8 Å². The van der Waals surface area contributed by atoms with Crippen LogP contribution in [0.3, 0.4) is 0 Å². The van der Waals surface area contributed by atoms with Crippen LogP contribution in [0.2, 0.25) is 0 Å². The number of esters is 2. The fraction of sp³-hybridized carbons (Fsp3) is 0.619. The zero-order valence-corrected chi connectivity index (χ0v) is 16.8. The van der Waals surface area contributed by atoms with Gasteiger partial charge in [0.05, 0.1) is 12.3 Å². The van der Waals surface area contributed by atoms with Crippen LogP contribution in [-0.4, -0.2) is 29.7 Å². The summed E-state index contributed by atoms with van der Waals surface area (Å²) >= 11 is 0. The fourth-order valence-corrected chi connectivity index (χ4v) is 2.45. The lowest BCUT2D eigenvalue weighted by atomic mass is 10.1. The number of hydrogen-bond acceptors (Lipinski definition) is 5. The van der Waals surface area contributed by atoms with E-state index in [0.29, 0.717) is 6.42 Å². The van der Waals surface area contributed by atoms with Crippen LogP contribution in [0.15, 0.2) is 30.3 Å². The second-order valence-corrected chi connectivity index (χ2v) is 7.59. The van der Waals surface area contributed by atoms with Gasteiger partial charge in [0, 0.05) is 0 Å². The smallest absolute Gasteiger partial charge is 0.309 e. The number of carbonyl (C=O) groups is 2. The van der Waals surface area contributed by atoms with Gasteiger partial charge in [-0.25, -0.2) is 0 Å². The number of para-hydroxylation sites is 1. The molecule has 0 N–H and O–H groups in total. The molecule has 0 saturated heterocycles. The van der Waals surface area contributed by atoms with E-state index in [9.17, 15) is 9.59 Å². The molecule has 0 aromatic heterocycles. The second kappa shape index (κ2) is 10.2. The summed E-state index contributed by atoms with van der Waals surface area (Å²) in [6.07, 6.45) is 0.909. The van der Waals surface area contributed by atoms with E-state index in [-0.39, 0.29) is 18.6 Å². The lowest BCUT2D eigenvalue weighted by Crippen LogP contribution is -2.35. The zero-order valence-electron chi connectivity index (χ0n) is 16.8. The summed E-state index contributed by atoms with van der Waals surface area (Å²) in [5.74, 6) is -0.632. The van der Waals surface area contributed by atoms with E-state index in [1.165, 1.54) is 0 Å². The van der Waals surface area contributed by atoms with Crippen LogP contribution in [0.25, 0.3) is 0 Å². The molecule has 26 heavy (non-hydrogen) atoms. The number of benzene rings is 1. The van der Waals surface area contributed by atoms with Crippen LogP contribution >= 0.6 is 0 Å². The SMILES string of the molecule is CCC[C@@H](OC(=O)[C@H](C)CC(=O)OC(C)(C)C)C(C)Oc1ccccc1. The molecular weight excluding hydrogens is 332 g/mol. The van der Waals surface area contributed by atoms with Gasteiger partial charge in [-0.2, -0.15) is 0 Å². The molecule has 0 spiro atoms. The van der Waals surface area contributed by atoms with Gasteiger partial charge in [-0.1, -0.05) is 38.5 Å². The molecule has 5 nitrogen and oxygen atoms in total. The summed E-state index contributed by atoms with van der Waals surface area (Å²) < 4.78 is 16.8. The highest BCUT2D eigenvalue weighted by Gasteiger charge is 2.28. The molecule has 146 valence electrons. The van der Waals surface area contributed by atoms with Crippen LogP contribution < -0.4 is 4.74 Å². The lowest BCUT2D eigenvalue weighted by Gasteiger charge is -2.26. The number of rotatable bonds is 9. The van der Waals surface area contributed by atoms with Gasteiger partial charge in [0.25, 0.3) is 0 Å². The normalized spacial score (nSPS) is 14.8. The summed E-state index contributed by atoms with van der Waals surface area (Å²) in [6.45, 7) is 11.0. The average molecular weight is 364 g/mol. The monoisotopic (exact) mass is 364 g/mol. The van der Waals surface area contributed by atoms with Gasteiger partial charge in [0.2, 0.25) is 0 Å². The third kappa shape index (κ3) is 8.37. The van der Waals surface area contributed by atoms with Gasteiger partial charge >= 0.3 is 11.9 Å². The molecule has 0 saturated carbocycles. The molecule has 0 aliphatic heterocycles. The molecular formula is C21H32O5. The largest absolute Gasteiger partial charge is 0.487 e. The molecule has 0 aliphatic rings. The van der Waals surface area contributed by atoms with E-state index in [2.05, 4.69) is 0 Å². The highest BCUT2D eigenvalue weighted by atomic mass is 16.6. The first-order valence-electron chi connectivity index (χ1n) is 9.26. The van der Waals surface area contributed by atoms with Crippen LogP contribution in [0.4, 0.5) is 0 Å². The molecule has 3 atom stereocenters. The van der Waals surface area contributed by atoms with Crippen molar-refractivity contribution in [2.45, 2.75) is 78.6 Å². The van der Waals surface area contributed by atoms with Crippen LogP contribution in [0, 0.1) is 5.92 Å². The predicted octanol–water partition coefficient (Wildman–Crippen LogP) is 4.53. The summed E-state index contributed by atoms with van der Waals surface area (Å²) in [5, 5.41) is 0. The molecule has 1 rings (SSSR count). The highest BCUT2D eigenvalue weighted by Crippen LogP contribution is 2.19. The van der Waals surface area contributed by atoms with Crippen molar-refractivity contribution in [1.82, 2.24) is 0 Å². The molecule has 1 aromatic rings. The topological polar surface area (TPSA) is 61.8 Å². The van der Waals surface area contributed by atoms with Crippen molar-refractivity contribution in [3.8, 4) is 5.75 Å². The Morgan fingerprint density at radius 2 is 1.69 bits per heavy atom. The number of ether oxygens (including phenoxy) is 3. The first-order valence-corrected chi connectivity index (χ1v) is 9.26. The van der Waals surface area contributed by atoms with E-state index >= 15 is 0 Å². The summed E-state index contributed by atoms with van der Waals surface area (Å²) in [6, 6.07) is 9.44. The minimum absolute atomic E-state index is 0.00285. The Balaban J connectivity index is 2.61. The lowest BCUT2D eigenvalue weighted by molar-refractivity contribution is -0.165. The number of carbonyl (C=O) groups excluding carboxylic acids is 2. The molecule has 0 radical (unpaired) electrons. The molecule has 0 bridgehead atoms. The van der Waals surface area contributed by atoms with Crippen LogP contribution in [0.1, 0.15) is 60.8 Å². The summed E-state index contributed by atoms with van der Waals surface area (Å²) in [4.78, 5) is 24.3. The molecule has 0 amide bonds. The van der Waals surface area contributed by atoms with Crippen molar-refractivity contribution in [2.75, 3.05) is 0 Å². The standard InChI is InChI=1S/C21H32O5/c1-7-11-18(16(3)24-17-12-9-8-10-13-17)25-20(23)15(2)14-19(22)26-21(4,5)6/h8-10,12-13,15-16,18H,7,11,14H2,1-6H3/t15-,16?,18-/m1/s1. The molecule has 0 fully saturated rings. The first-order chi connectivity index (χ1) is 12.1. The minimum atomic E-state index is -0.566. The van der Waals surface area contributed by atoms with Crippen molar-refractivity contribution in [3.63, 3.8) is 0 Å². The maximum absolute atomic E-state index is 12.4. The van der Waals surface area contributed by atoms with E-state index in [4.69, 9.17) is 14.2 Å². The third-order valence-electron chi connectivity index (χ3n) is 3.72. The number of hydrogen-bond donors (Lipinski definition) is 0. The quantitative estimate of drug-likeness (QED) is 0.602. The predicted molar refractivity (Wildman–Crippen MR) is 101 cm³/mol. The van der Waals surface area contributed by atoms with Crippen LogP contribution in [0.5, 0.6) is 5.75 Å². The van der Waals surface area contributed by atoms with Crippen molar-refractivity contribution in [1.29, 1.82) is 0 Å². The van der Waals surface area contributed by atoms with E-state index < -0.39 is 23.5 Å². The fourth-order valence-electron chi connectivity index (χ4n) is 2.45. The van der Waals surface area contributed by atoms with E-state index in [1.54, 1.807) is 27.7 Å². The van der Waals surface area contributed by atoms with Gasteiger partial charge in [0.15, 0.2) is 0 Å². The average Bonchev–Trinajstić information content (AvgIpc) is 2.53. The Morgan fingerprint density at radius 1 is 1.08 bits per heavy atom. The maximum Gasteiger partial charge on any atom is 0.309 e. The Labute approximate surface area is 157 Å². The van der Waals surface area contributed by atoms with Crippen molar-refractivity contribution in [3.05, 3.63) is 30.3 Å². The van der Waals surface area contributed by atoms with Crippen LogP contribution in [-0.2, 0) is 19.1 Å². The summed E-state index contributed by atoms with van der Waals surface area (Å²) in [7, 11) is 0. The van der Waals surface area contributed by atoms with Crippen molar-refractivity contribution >= 4 is 11.9 Å². The molecule has 0 aliphatic carbocycles. The third-order valence-corrected chi connectivity index (χ3v) is 3.72. The maximum atomic E-state index is 12.4. The molecule has 1 unspecified atom stereocenters. The molecule has 5 heteroatoms. The van der Waals surface area contributed by atoms with Crippen molar-refractivity contribution in [2.24, 2.45) is 5.92 Å². The van der Waals surface area contributed by atoms with E-state index in [0.717, 1.165) is 12.2 Å². The molecule has 0 heterocycles.